The fourth-order valence-corrected chi connectivity index (χ4v) is 2.39. The summed E-state index contributed by atoms with van der Waals surface area (Å²) in [6, 6.07) is 2.13. The van der Waals surface area contributed by atoms with Crippen molar-refractivity contribution >= 4 is 11.3 Å². The van der Waals surface area contributed by atoms with Crippen molar-refractivity contribution in [1.82, 2.24) is 0 Å². The summed E-state index contributed by atoms with van der Waals surface area (Å²) >= 11 is 1.71. The van der Waals surface area contributed by atoms with Crippen LogP contribution in [-0.2, 0) is 5.41 Å². The van der Waals surface area contributed by atoms with E-state index < -0.39 is 0 Å². The molecule has 2 heteroatoms. The standard InChI is InChI=1S/C9H12OS/c1-7(10)9(3-4-9)8-2-5-11-6-8/h2,5-7,10H,3-4H2,1H3. The van der Waals surface area contributed by atoms with Crippen molar-refractivity contribution < 1.29 is 5.11 Å². The van der Waals surface area contributed by atoms with E-state index in [0.29, 0.717) is 0 Å². The molecule has 1 fully saturated rings. The number of hydrogen-bond donors (Lipinski definition) is 1. The lowest BCUT2D eigenvalue weighted by atomic mass is 9.94. The van der Waals surface area contributed by atoms with Crippen molar-refractivity contribution in [3.05, 3.63) is 22.4 Å². The van der Waals surface area contributed by atoms with E-state index in [4.69, 9.17) is 0 Å². The molecule has 1 nitrogen and oxygen atoms in total. The molecule has 1 heterocycles. The second-order valence-electron chi connectivity index (χ2n) is 3.34. The maximum Gasteiger partial charge on any atom is 0.0608 e. The number of rotatable bonds is 2. The van der Waals surface area contributed by atoms with Crippen LogP contribution in [0.1, 0.15) is 25.3 Å². The van der Waals surface area contributed by atoms with Crippen LogP contribution in [0.25, 0.3) is 0 Å². The molecule has 1 aromatic rings. The average molecular weight is 168 g/mol. The highest BCUT2D eigenvalue weighted by molar-refractivity contribution is 7.08. The lowest BCUT2D eigenvalue weighted by molar-refractivity contribution is 0.151. The van der Waals surface area contributed by atoms with Crippen molar-refractivity contribution in [3.8, 4) is 0 Å². The highest BCUT2D eigenvalue weighted by Crippen LogP contribution is 2.51. The minimum atomic E-state index is -0.183. The Morgan fingerprint density at radius 3 is 2.73 bits per heavy atom. The summed E-state index contributed by atoms with van der Waals surface area (Å²) in [6.45, 7) is 1.89. The molecule has 0 amide bonds. The highest BCUT2D eigenvalue weighted by atomic mass is 32.1. The highest BCUT2D eigenvalue weighted by Gasteiger charge is 2.48. The zero-order valence-corrected chi connectivity index (χ0v) is 7.40. The second kappa shape index (κ2) is 2.32. The topological polar surface area (TPSA) is 20.2 Å². The Kier molecular flexibility index (Phi) is 1.55. The Bertz CT molecular complexity index is 234. The molecule has 1 unspecified atom stereocenters. The van der Waals surface area contributed by atoms with Crippen molar-refractivity contribution in [1.29, 1.82) is 0 Å². The Morgan fingerprint density at radius 1 is 1.64 bits per heavy atom. The molecular formula is C9H12OS. The van der Waals surface area contributed by atoms with Crippen LogP contribution in [0.15, 0.2) is 16.8 Å². The molecule has 1 atom stereocenters. The van der Waals surface area contributed by atoms with Crippen LogP contribution >= 0.6 is 11.3 Å². The van der Waals surface area contributed by atoms with E-state index in [2.05, 4.69) is 16.8 Å². The van der Waals surface area contributed by atoms with Crippen LogP contribution in [-0.4, -0.2) is 11.2 Å². The molecule has 0 spiro atoms. The number of hydrogen-bond acceptors (Lipinski definition) is 2. The molecule has 1 aliphatic rings. The quantitative estimate of drug-likeness (QED) is 0.717. The van der Waals surface area contributed by atoms with E-state index in [0.717, 1.165) is 12.8 Å². The summed E-state index contributed by atoms with van der Waals surface area (Å²) in [5.41, 5.74) is 1.47. The van der Waals surface area contributed by atoms with E-state index in [1.54, 1.807) is 11.3 Å². The third-order valence-corrected chi connectivity index (χ3v) is 3.37. The first-order valence-electron chi connectivity index (χ1n) is 3.96. The Labute approximate surface area is 70.7 Å². The monoisotopic (exact) mass is 168 g/mol. The Morgan fingerprint density at radius 2 is 2.36 bits per heavy atom. The molecule has 1 N–H and O–H groups in total. The van der Waals surface area contributed by atoms with Gasteiger partial charge in [-0.2, -0.15) is 11.3 Å². The number of aliphatic hydroxyl groups excluding tert-OH is 1. The van der Waals surface area contributed by atoms with Gasteiger partial charge in [0.1, 0.15) is 0 Å². The van der Waals surface area contributed by atoms with Gasteiger partial charge in [-0.15, -0.1) is 0 Å². The zero-order chi connectivity index (χ0) is 7.90. The minimum absolute atomic E-state index is 0.139. The fraction of sp³-hybridized carbons (Fsp3) is 0.556. The van der Waals surface area contributed by atoms with Gasteiger partial charge in [-0.05, 0) is 42.2 Å². The summed E-state index contributed by atoms with van der Waals surface area (Å²) in [5, 5.41) is 13.8. The van der Waals surface area contributed by atoms with Crippen LogP contribution in [0, 0.1) is 0 Å². The molecule has 0 bridgehead atoms. The Hall–Kier alpha value is -0.340. The normalized spacial score (nSPS) is 23.1. The first-order chi connectivity index (χ1) is 5.26. The lowest BCUT2D eigenvalue weighted by Crippen LogP contribution is -2.21. The zero-order valence-electron chi connectivity index (χ0n) is 6.58. The smallest absolute Gasteiger partial charge is 0.0608 e. The van der Waals surface area contributed by atoms with E-state index in [9.17, 15) is 5.11 Å². The van der Waals surface area contributed by atoms with E-state index in [1.807, 2.05) is 6.92 Å². The van der Waals surface area contributed by atoms with Gasteiger partial charge in [0.25, 0.3) is 0 Å². The first-order valence-corrected chi connectivity index (χ1v) is 4.91. The number of aliphatic hydroxyl groups is 1. The molecule has 11 heavy (non-hydrogen) atoms. The predicted molar refractivity (Wildman–Crippen MR) is 46.9 cm³/mol. The maximum absolute atomic E-state index is 9.52. The van der Waals surface area contributed by atoms with Crippen molar-refractivity contribution in [3.63, 3.8) is 0 Å². The van der Waals surface area contributed by atoms with E-state index in [1.165, 1.54) is 5.56 Å². The molecule has 1 aliphatic carbocycles. The van der Waals surface area contributed by atoms with Crippen LogP contribution in [0.5, 0.6) is 0 Å². The van der Waals surface area contributed by atoms with Crippen LogP contribution in [0.2, 0.25) is 0 Å². The van der Waals surface area contributed by atoms with Crippen LogP contribution < -0.4 is 0 Å². The second-order valence-corrected chi connectivity index (χ2v) is 4.12. The average Bonchev–Trinajstić information content (AvgIpc) is 2.61. The van der Waals surface area contributed by atoms with Gasteiger partial charge in [-0.1, -0.05) is 0 Å². The van der Waals surface area contributed by atoms with Crippen molar-refractivity contribution in [2.24, 2.45) is 0 Å². The van der Waals surface area contributed by atoms with Gasteiger partial charge >= 0.3 is 0 Å². The molecule has 0 saturated heterocycles. The third kappa shape index (κ3) is 1.01. The molecule has 0 radical (unpaired) electrons. The molecule has 1 saturated carbocycles. The van der Waals surface area contributed by atoms with Gasteiger partial charge in [0.2, 0.25) is 0 Å². The lowest BCUT2D eigenvalue weighted by Gasteiger charge is -2.16. The SMILES string of the molecule is CC(O)C1(c2ccsc2)CC1. The molecular weight excluding hydrogens is 156 g/mol. The van der Waals surface area contributed by atoms with Crippen LogP contribution in [0.4, 0.5) is 0 Å². The maximum atomic E-state index is 9.52. The summed E-state index contributed by atoms with van der Waals surface area (Å²) in [6.07, 6.45) is 2.13. The van der Waals surface area contributed by atoms with Gasteiger partial charge < -0.3 is 5.11 Å². The van der Waals surface area contributed by atoms with Gasteiger partial charge in [-0.3, -0.25) is 0 Å². The molecule has 0 aromatic carbocycles. The molecule has 1 aromatic heterocycles. The Balaban J connectivity index is 2.29. The van der Waals surface area contributed by atoms with Gasteiger partial charge in [0, 0.05) is 5.41 Å². The summed E-state index contributed by atoms with van der Waals surface area (Å²) in [7, 11) is 0. The molecule has 60 valence electrons. The molecule has 0 aliphatic heterocycles. The third-order valence-electron chi connectivity index (χ3n) is 2.68. The fourth-order valence-electron chi connectivity index (χ4n) is 1.63. The first kappa shape index (κ1) is 7.32. The van der Waals surface area contributed by atoms with Crippen molar-refractivity contribution in [2.75, 3.05) is 0 Å². The van der Waals surface area contributed by atoms with Crippen LogP contribution in [0.3, 0.4) is 0 Å². The van der Waals surface area contributed by atoms with E-state index >= 15 is 0 Å². The van der Waals surface area contributed by atoms with Gasteiger partial charge in [-0.25, -0.2) is 0 Å². The van der Waals surface area contributed by atoms with Crippen molar-refractivity contribution in [2.45, 2.75) is 31.3 Å². The van der Waals surface area contributed by atoms with Gasteiger partial charge in [0.15, 0.2) is 0 Å². The largest absolute Gasteiger partial charge is 0.392 e. The minimum Gasteiger partial charge on any atom is -0.392 e. The summed E-state index contributed by atoms with van der Waals surface area (Å²) in [5.74, 6) is 0. The van der Waals surface area contributed by atoms with E-state index in [-0.39, 0.29) is 11.5 Å². The van der Waals surface area contributed by atoms with Gasteiger partial charge in [0.05, 0.1) is 6.10 Å². The summed E-state index contributed by atoms with van der Waals surface area (Å²) < 4.78 is 0. The summed E-state index contributed by atoms with van der Waals surface area (Å²) in [4.78, 5) is 0. The number of thiophene rings is 1. The predicted octanol–water partition coefficient (Wildman–Crippen LogP) is 2.16. The molecule has 2 rings (SSSR count).